The fourth-order valence-corrected chi connectivity index (χ4v) is 3.96. The summed E-state index contributed by atoms with van der Waals surface area (Å²) in [5.41, 5.74) is 1.45. The molecule has 3 heteroatoms. The fourth-order valence-electron chi connectivity index (χ4n) is 3.16. The number of hydrogen-bond donors (Lipinski definition) is 1. The Morgan fingerprint density at radius 2 is 2.05 bits per heavy atom. The second-order valence-electron chi connectivity index (χ2n) is 5.87. The van der Waals surface area contributed by atoms with Crippen molar-refractivity contribution >= 4 is 10.8 Å². The van der Waals surface area contributed by atoms with Crippen molar-refractivity contribution in [1.82, 2.24) is 5.32 Å². The third-order valence-electron chi connectivity index (χ3n) is 3.91. The van der Waals surface area contributed by atoms with Gasteiger partial charge < -0.3 is 5.32 Å². The highest BCUT2D eigenvalue weighted by Gasteiger charge is 2.25. The van der Waals surface area contributed by atoms with Gasteiger partial charge in [0.15, 0.2) is 0 Å². The van der Waals surface area contributed by atoms with E-state index < -0.39 is 10.8 Å². The Balaban J connectivity index is 1.75. The van der Waals surface area contributed by atoms with Gasteiger partial charge in [-0.05, 0) is 44.1 Å². The quantitative estimate of drug-likeness (QED) is 0.867. The molecule has 0 radical (unpaired) electrons. The average Bonchev–Trinajstić information content (AvgIpc) is 2.76. The van der Waals surface area contributed by atoms with Crippen molar-refractivity contribution in [3.8, 4) is 0 Å². The second kappa shape index (κ2) is 7.20. The first kappa shape index (κ1) is 14.7. The molecule has 0 aromatic heterocycles. The van der Waals surface area contributed by atoms with Crippen LogP contribution in [0.4, 0.5) is 0 Å². The average molecular weight is 279 g/mol. The van der Waals surface area contributed by atoms with Gasteiger partial charge in [-0.15, -0.1) is 0 Å². The van der Waals surface area contributed by atoms with Crippen LogP contribution >= 0.6 is 0 Å². The van der Waals surface area contributed by atoms with E-state index in [1.807, 2.05) is 0 Å². The highest BCUT2D eigenvalue weighted by molar-refractivity contribution is 7.84. The number of benzene rings is 1. The van der Waals surface area contributed by atoms with Crippen molar-refractivity contribution in [3.05, 3.63) is 35.9 Å². The Hall–Kier alpha value is -0.670. The smallest absolute Gasteiger partial charge is 0.0383 e. The summed E-state index contributed by atoms with van der Waals surface area (Å²) in [6.45, 7) is 2.14. The zero-order valence-electron chi connectivity index (χ0n) is 12.0. The molecular formula is C16H25NOS. The topological polar surface area (TPSA) is 29.1 Å². The van der Waals surface area contributed by atoms with Gasteiger partial charge in [-0.3, -0.25) is 4.21 Å². The molecule has 19 heavy (non-hydrogen) atoms. The maximum atomic E-state index is 11.2. The van der Waals surface area contributed by atoms with Crippen molar-refractivity contribution in [2.24, 2.45) is 5.92 Å². The molecule has 1 aromatic rings. The SMILES string of the molecule is C[C@H](C[S@](C)=O)N[C@H]1CC[C@@H](Cc2ccccc2)C1. The lowest BCUT2D eigenvalue weighted by Crippen LogP contribution is -2.38. The van der Waals surface area contributed by atoms with Crippen LogP contribution in [0.3, 0.4) is 0 Å². The lowest BCUT2D eigenvalue weighted by atomic mass is 9.98. The van der Waals surface area contributed by atoms with Crippen molar-refractivity contribution in [3.63, 3.8) is 0 Å². The van der Waals surface area contributed by atoms with Gasteiger partial charge in [-0.1, -0.05) is 30.3 Å². The molecule has 2 nitrogen and oxygen atoms in total. The van der Waals surface area contributed by atoms with Crippen LogP contribution in [-0.2, 0) is 17.2 Å². The van der Waals surface area contributed by atoms with Crippen LogP contribution in [0.15, 0.2) is 30.3 Å². The molecule has 0 amide bonds. The van der Waals surface area contributed by atoms with Gasteiger partial charge in [0.05, 0.1) is 0 Å². The van der Waals surface area contributed by atoms with E-state index in [1.165, 1.54) is 31.2 Å². The van der Waals surface area contributed by atoms with E-state index in [9.17, 15) is 4.21 Å². The minimum absolute atomic E-state index is 0.367. The Bertz CT molecular complexity index is 406. The molecule has 106 valence electrons. The number of rotatable bonds is 6. The summed E-state index contributed by atoms with van der Waals surface area (Å²) in [7, 11) is -0.698. The van der Waals surface area contributed by atoms with E-state index in [0.29, 0.717) is 12.1 Å². The van der Waals surface area contributed by atoms with Crippen LogP contribution in [0.5, 0.6) is 0 Å². The largest absolute Gasteiger partial charge is 0.311 e. The van der Waals surface area contributed by atoms with Crippen molar-refractivity contribution in [2.45, 2.75) is 44.7 Å². The first-order chi connectivity index (χ1) is 9.13. The van der Waals surface area contributed by atoms with Gasteiger partial charge in [0.2, 0.25) is 0 Å². The molecular weight excluding hydrogens is 254 g/mol. The molecule has 1 N–H and O–H groups in total. The van der Waals surface area contributed by atoms with Crippen LogP contribution in [0.1, 0.15) is 31.7 Å². The maximum Gasteiger partial charge on any atom is 0.0383 e. The van der Waals surface area contributed by atoms with E-state index in [-0.39, 0.29) is 0 Å². The summed E-state index contributed by atoms with van der Waals surface area (Å²) < 4.78 is 11.2. The zero-order chi connectivity index (χ0) is 13.7. The van der Waals surface area contributed by atoms with Gasteiger partial charge >= 0.3 is 0 Å². The van der Waals surface area contributed by atoms with E-state index in [2.05, 4.69) is 42.6 Å². The molecule has 2 rings (SSSR count). The summed E-state index contributed by atoms with van der Waals surface area (Å²) in [5, 5.41) is 3.63. The van der Waals surface area contributed by atoms with E-state index in [1.54, 1.807) is 6.26 Å². The van der Waals surface area contributed by atoms with Gasteiger partial charge in [-0.2, -0.15) is 0 Å². The van der Waals surface area contributed by atoms with Gasteiger partial charge in [0.25, 0.3) is 0 Å². The summed E-state index contributed by atoms with van der Waals surface area (Å²) in [5.74, 6) is 1.57. The normalized spacial score (nSPS) is 26.2. The van der Waals surface area contributed by atoms with E-state index >= 15 is 0 Å². The summed E-state index contributed by atoms with van der Waals surface area (Å²) in [6, 6.07) is 11.8. The summed E-state index contributed by atoms with van der Waals surface area (Å²) >= 11 is 0. The molecule has 1 saturated carbocycles. The maximum absolute atomic E-state index is 11.2. The second-order valence-corrected chi connectivity index (χ2v) is 7.35. The Labute approximate surface area is 119 Å². The lowest BCUT2D eigenvalue weighted by Gasteiger charge is -2.18. The van der Waals surface area contributed by atoms with E-state index in [4.69, 9.17) is 0 Å². The minimum Gasteiger partial charge on any atom is -0.311 e. The number of hydrogen-bond acceptors (Lipinski definition) is 2. The van der Waals surface area contributed by atoms with Crippen LogP contribution in [0.2, 0.25) is 0 Å². The molecule has 1 aliphatic carbocycles. The molecule has 0 aliphatic heterocycles. The Morgan fingerprint density at radius 3 is 2.74 bits per heavy atom. The third kappa shape index (κ3) is 5.07. The Kier molecular flexibility index (Phi) is 5.59. The predicted octanol–water partition coefficient (Wildman–Crippen LogP) is 2.75. The van der Waals surface area contributed by atoms with Crippen LogP contribution in [-0.4, -0.2) is 28.3 Å². The fraction of sp³-hybridized carbons (Fsp3) is 0.625. The Morgan fingerprint density at radius 1 is 1.32 bits per heavy atom. The molecule has 1 fully saturated rings. The standard InChI is InChI=1S/C16H25NOS/c1-13(12-19(2)18)17-16-9-8-15(11-16)10-14-6-4-3-5-7-14/h3-7,13,15-17H,8-12H2,1-2H3/t13-,15+,16+,19+/m1/s1. The first-order valence-electron chi connectivity index (χ1n) is 7.23. The highest BCUT2D eigenvalue weighted by atomic mass is 32.2. The molecule has 0 spiro atoms. The monoisotopic (exact) mass is 279 g/mol. The number of nitrogens with one attached hydrogen (secondary N) is 1. The first-order valence-corrected chi connectivity index (χ1v) is 8.96. The van der Waals surface area contributed by atoms with Gasteiger partial charge in [0.1, 0.15) is 0 Å². The molecule has 1 aromatic carbocycles. The zero-order valence-corrected chi connectivity index (χ0v) is 12.8. The molecule has 1 aliphatic rings. The van der Waals surface area contributed by atoms with Crippen LogP contribution < -0.4 is 5.32 Å². The minimum atomic E-state index is -0.698. The lowest BCUT2D eigenvalue weighted by molar-refractivity contribution is 0.450. The molecule has 0 heterocycles. The van der Waals surface area contributed by atoms with Gasteiger partial charge in [-0.25, -0.2) is 0 Å². The van der Waals surface area contributed by atoms with Crippen LogP contribution in [0.25, 0.3) is 0 Å². The molecule has 4 atom stereocenters. The summed E-state index contributed by atoms with van der Waals surface area (Å²) in [6.07, 6.45) is 6.82. The third-order valence-corrected chi connectivity index (χ3v) is 4.88. The van der Waals surface area contributed by atoms with E-state index in [0.717, 1.165) is 11.7 Å². The molecule has 0 unspecified atom stereocenters. The van der Waals surface area contributed by atoms with Gasteiger partial charge in [0, 0.05) is 34.9 Å². The predicted molar refractivity (Wildman–Crippen MR) is 82.8 cm³/mol. The van der Waals surface area contributed by atoms with Crippen molar-refractivity contribution in [1.29, 1.82) is 0 Å². The van der Waals surface area contributed by atoms with Crippen LogP contribution in [0, 0.1) is 5.92 Å². The molecule has 0 saturated heterocycles. The van der Waals surface area contributed by atoms with Crippen molar-refractivity contribution < 1.29 is 4.21 Å². The summed E-state index contributed by atoms with van der Waals surface area (Å²) in [4.78, 5) is 0. The molecule has 0 bridgehead atoms. The van der Waals surface area contributed by atoms with Crippen molar-refractivity contribution in [2.75, 3.05) is 12.0 Å². The highest BCUT2D eigenvalue weighted by Crippen LogP contribution is 2.28.